The Balaban J connectivity index is 1.32. The molecule has 184 valence electrons. The van der Waals surface area contributed by atoms with Gasteiger partial charge in [-0.3, -0.25) is 9.59 Å². The summed E-state index contributed by atoms with van der Waals surface area (Å²) in [6.45, 7) is 4.99. The molecular formula is C25H24F3N3O4. The number of aryl methyl sites for hydroxylation is 2. The molecular weight excluding hydrogens is 463 g/mol. The smallest absolute Gasteiger partial charge is 0.416 e. The van der Waals surface area contributed by atoms with E-state index < -0.39 is 17.6 Å². The summed E-state index contributed by atoms with van der Waals surface area (Å²) >= 11 is 0. The van der Waals surface area contributed by atoms with Crippen molar-refractivity contribution in [3.8, 4) is 5.75 Å². The van der Waals surface area contributed by atoms with Gasteiger partial charge in [0.2, 0.25) is 0 Å². The summed E-state index contributed by atoms with van der Waals surface area (Å²) in [4.78, 5) is 28.6. The van der Waals surface area contributed by atoms with E-state index in [2.05, 4.69) is 5.16 Å². The molecule has 0 N–H and O–H groups in total. The lowest BCUT2D eigenvalue weighted by atomic mass is 10.1. The van der Waals surface area contributed by atoms with Crippen LogP contribution in [0.2, 0.25) is 0 Å². The van der Waals surface area contributed by atoms with E-state index in [9.17, 15) is 22.8 Å². The number of halogens is 3. The van der Waals surface area contributed by atoms with Gasteiger partial charge in [0.25, 0.3) is 11.8 Å². The number of hydrogen-bond donors (Lipinski definition) is 0. The van der Waals surface area contributed by atoms with E-state index in [1.807, 2.05) is 13.8 Å². The molecule has 3 aromatic rings. The van der Waals surface area contributed by atoms with Gasteiger partial charge in [-0.1, -0.05) is 11.2 Å². The summed E-state index contributed by atoms with van der Waals surface area (Å²) in [5.74, 6) is 0.620. The van der Waals surface area contributed by atoms with Crippen LogP contribution in [0.1, 0.15) is 43.3 Å². The van der Waals surface area contributed by atoms with Crippen LogP contribution in [-0.2, 0) is 12.8 Å². The number of piperazine rings is 1. The summed E-state index contributed by atoms with van der Waals surface area (Å²) in [7, 11) is 0. The third kappa shape index (κ3) is 5.47. The number of carbonyl (C=O) groups is 2. The molecule has 1 aliphatic rings. The maximum absolute atomic E-state index is 13.0. The molecule has 0 atom stereocenters. The first-order valence-electron chi connectivity index (χ1n) is 11.0. The molecule has 0 unspecified atom stereocenters. The Bertz CT molecular complexity index is 1190. The molecule has 10 heteroatoms. The second-order valence-electron chi connectivity index (χ2n) is 8.28. The van der Waals surface area contributed by atoms with E-state index in [1.165, 1.54) is 17.0 Å². The van der Waals surface area contributed by atoms with Crippen molar-refractivity contribution in [3.63, 3.8) is 0 Å². The van der Waals surface area contributed by atoms with Gasteiger partial charge >= 0.3 is 6.18 Å². The van der Waals surface area contributed by atoms with E-state index in [4.69, 9.17) is 9.26 Å². The van der Waals surface area contributed by atoms with Gasteiger partial charge in [0, 0.05) is 37.3 Å². The molecule has 35 heavy (non-hydrogen) atoms. The zero-order valence-electron chi connectivity index (χ0n) is 19.3. The number of ether oxygens (including phenoxy) is 1. The Labute approximate surface area is 200 Å². The Morgan fingerprint density at radius 3 is 2.09 bits per heavy atom. The predicted molar refractivity (Wildman–Crippen MR) is 120 cm³/mol. The molecule has 2 heterocycles. The van der Waals surface area contributed by atoms with Gasteiger partial charge in [-0.15, -0.1) is 0 Å². The number of alkyl halides is 3. The molecule has 0 saturated carbocycles. The number of carbonyl (C=O) groups excluding carboxylic acids is 2. The van der Waals surface area contributed by atoms with Crippen LogP contribution in [-0.4, -0.2) is 52.9 Å². The minimum absolute atomic E-state index is 0.0215. The van der Waals surface area contributed by atoms with Crippen LogP contribution in [0.5, 0.6) is 5.75 Å². The van der Waals surface area contributed by atoms with Crippen molar-refractivity contribution in [2.45, 2.75) is 26.6 Å². The molecule has 2 aromatic carbocycles. The third-order valence-corrected chi connectivity index (χ3v) is 5.96. The highest BCUT2D eigenvalue weighted by Crippen LogP contribution is 2.30. The molecule has 0 bridgehead atoms. The van der Waals surface area contributed by atoms with Gasteiger partial charge in [-0.2, -0.15) is 13.2 Å². The first kappa shape index (κ1) is 24.3. The molecule has 0 spiro atoms. The van der Waals surface area contributed by atoms with Crippen molar-refractivity contribution in [1.29, 1.82) is 0 Å². The van der Waals surface area contributed by atoms with Crippen molar-refractivity contribution in [3.05, 3.63) is 82.2 Å². The molecule has 1 aromatic heterocycles. The van der Waals surface area contributed by atoms with Gasteiger partial charge in [0.1, 0.15) is 18.1 Å². The normalized spacial score (nSPS) is 14.2. The Kier molecular flexibility index (Phi) is 6.81. The fourth-order valence-electron chi connectivity index (χ4n) is 3.86. The molecule has 0 radical (unpaired) electrons. The molecule has 1 fully saturated rings. The van der Waals surface area contributed by atoms with Crippen LogP contribution in [0.3, 0.4) is 0 Å². The first-order valence-corrected chi connectivity index (χ1v) is 11.0. The minimum atomic E-state index is -4.52. The van der Waals surface area contributed by atoms with E-state index in [0.29, 0.717) is 23.7 Å². The van der Waals surface area contributed by atoms with Crippen molar-refractivity contribution in [2.24, 2.45) is 0 Å². The van der Waals surface area contributed by atoms with Gasteiger partial charge in [0.15, 0.2) is 0 Å². The summed E-state index contributed by atoms with van der Waals surface area (Å²) in [5, 5.41) is 3.89. The van der Waals surface area contributed by atoms with Crippen LogP contribution < -0.4 is 4.74 Å². The van der Waals surface area contributed by atoms with Crippen molar-refractivity contribution in [2.75, 3.05) is 26.2 Å². The number of hydrogen-bond acceptors (Lipinski definition) is 5. The van der Waals surface area contributed by atoms with Gasteiger partial charge < -0.3 is 19.1 Å². The van der Waals surface area contributed by atoms with Crippen LogP contribution >= 0.6 is 0 Å². The van der Waals surface area contributed by atoms with E-state index in [-0.39, 0.29) is 37.6 Å². The highest BCUT2D eigenvalue weighted by molar-refractivity contribution is 5.96. The second kappa shape index (κ2) is 9.81. The fourth-order valence-corrected chi connectivity index (χ4v) is 3.86. The number of rotatable bonds is 5. The SMILES string of the molecule is Cc1noc(C)c1COc1ccc(C(=O)N2CCN(C(=O)c3cccc(C(F)(F)F)c3)CC2)cc1. The van der Waals surface area contributed by atoms with Gasteiger partial charge in [-0.05, 0) is 56.3 Å². The Hall–Kier alpha value is -3.82. The first-order chi connectivity index (χ1) is 16.6. The van der Waals surface area contributed by atoms with Crippen molar-refractivity contribution < 1.29 is 32.0 Å². The predicted octanol–water partition coefficient (Wildman–Crippen LogP) is 4.49. The zero-order chi connectivity index (χ0) is 25.2. The lowest BCUT2D eigenvalue weighted by Gasteiger charge is -2.35. The summed E-state index contributed by atoms with van der Waals surface area (Å²) < 4.78 is 49.7. The van der Waals surface area contributed by atoms with Crippen molar-refractivity contribution >= 4 is 11.8 Å². The number of aromatic nitrogens is 1. The Morgan fingerprint density at radius 1 is 0.943 bits per heavy atom. The third-order valence-electron chi connectivity index (χ3n) is 5.96. The van der Waals surface area contributed by atoms with Crippen LogP contribution in [0.4, 0.5) is 13.2 Å². The molecule has 0 aliphatic carbocycles. The van der Waals surface area contributed by atoms with Gasteiger partial charge in [-0.25, -0.2) is 0 Å². The monoisotopic (exact) mass is 487 g/mol. The van der Waals surface area contributed by atoms with E-state index in [0.717, 1.165) is 23.4 Å². The van der Waals surface area contributed by atoms with E-state index >= 15 is 0 Å². The maximum Gasteiger partial charge on any atom is 0.416 e. The topological polar surface area (TPSA) is 75.9 Å². The van der Waals surface area contributed by atoms with Crippen LogP contribution in [0, 0.1) is 13.8 Å². The average molecular weight is 487 g/mol. The zero-order valence-corrected chi connectivity index (χ0v) is 19.3. The number of nitrogens with zero attached hydrogens (tertiary/aromatic N) is 3. The molecule has 2 amide bonds. The Morgan fingerprint density at radius 2 is 1.54 bits per heavy atom. The minimum Gasteiger partial charge on any atom is -0.489 e. The maximum atomic E-state index is 13.0. The lowest BCUT2D eigenvalue weighted by Crippen LogP contribution is -2.50. The average Bonchev–Trinajstić information content (AvgIpc) is 3.18. The lowest BCUT2D eigenvalue weighted by molar-refractivity contribution is -0.137. The van der Waals surface area contributed by atoms with Crippen LogP contribution in [0.25, 0.3) is 0 Å². The summed E-state index contributed by atoms with van der Waals surface area (Å²) in [6.07, 6.45) is -4.52. The highest BCUT2D eigenvalue weighted by atomic mass is 19.4. The molecule has 7 nitrogen and oxygen atoms in total. The fraction of sp³-hybridized carbons (Fsp3) is 0.320. The molecule has 1 aliphatic heterocycles. The summed E-state index contributed by atoms with van der Waals surface area (Å²) in [5.41, 5.74) is 1.23. The summed E-state index contributed by atoms with van der Waals surface area (Å²) in [6, 6.07) is 11.1. The molecule has 1 saturated heterocycles. The quantitative estimate of drug-likeness (QED) is 0.530. The standard InChI is InChI=1S/C25H24F3N3O4/c1-16-22(17(2)35-29-16)15-34-21-8-6-18(7-9-21)23(32)30-10-12-31(13-11-30)24(33)19-4-3-5-20(14-19)25(26,27)28/h3-9,14H,10-13,15H2,1-2H3. The van der Waals surface area contributed by atoms with Crippen LogP contribution in [0.15, 0.2) is 53.1 Å². The largest absolute Gasteiger partial charge is 0.489 e. The van der Waals surface area contributed by atoms with Gasteiger partial charge in [0.05, 0.1) is 16.8 Å². The van der Waals surface area contributed by atoms with Crippen molar-refractivity contribution in [1.82, 2.24) is 15.0 Å². The molecule has 4 rings (SSSR count). The highest BCUT2D eigenvalue weighted by Gasteiger charge is 2.32. The number of benzene rings is 2. The second-order valence-corrected chi connectivity index (χ2v) is 8.28. The van der Waals surface area contributed by atoms with E-state index in [1.54, 1.807) is 29.2 Å². The number of amides is 2.